The summed E-state index contributed by atoms with van der Waals surface area (Å²) in [5, 5.41) is 14.3. The monoisotopic (exact) mass is 451 g/mol. The molecule has 1 aromatic carbocycles. The molecule has 0 saturated carbocycles. The van der Waals surface area contributed by atoms with E-state index in [0.717, 1.165) is 52.0 Å². The van der Waals surface area contributed by atoms with Gasteiger partial charge in [0.15, 0.2) is 0 Å². The Kier molecular flexibility index (Phi) is 6.85. The molecule has 2 fully saturated rings. The maximum absolute atomic E-state index is 13.2. The summed E-state index contributed by atoms with van der Waals surface area (Å²) < 4.78 is 5.41. The average molecular weight is 452 g/mol. The minimum atomic E-state index is -0.441. The molecule has 5 rings (SSSR count). The minimum Gasteiger partial charge on any atom is -0.391 e. The topological polar surface area (TPSA) is 90.8 Å². The van der Waals surface area contributed by atoms with Crippen molar-refractivity contribution in [3.05, 3.63) is 53.5 Å². The molecule has 3 aliphatic rings. The van der Waals surface area contributed by atoms with Gasteiger partial charge in [-0.3, -0.25) is 9.69 Å². The van der Waals surface area contributed by atoms with Crippen LogP contribution in [0, 0.1) is 0 Å². The third-order valence-corrected chi connectivity index (χ3v) is 7.21. The molecule has 8 heteroatoms. The lowest BCUT2D eigenvalue weighted by atomic mass is 9.96. The van der Waals surface area contributed by atoms with Crippen molar-refractivity contribution < 1.29 is 14.6 Å². The van der Waals surface area contributed by atoms with Gasteiger partial charge in [0, 0.05) is 57.5 Å². The van der Waals surface area contributed by atoms with E-state index in [2.05, 4.69) is 44.5 Å². The molecule has 4 heterocycles. The number of nitrogens with zero attached hydrogens (tertiary/aromatic N) is 4. The number of nitrogens with one attached hydrogen (secondary N) is 1. The van der Waals surface area contributed by atoms with Crippen LogP contribution < -0.4 is 5.32 Å². The van der Waals surface area contributed by atoms with Gasteiger partial charge < -0.3 is 20.1 Å². The van der Waals surface area contributed by atoms with Crippen molar-refractivity contribution in [3.8, 4) is 0 Å². The number of anilines is 1. The van der Waals surface area contributed by atoms with Gasteiger partial charge in [0.25, 0.3) is 5.91 Å². The summed E-state index contributed by atoms with van der Waals surface area (Å²) in [5.74, 6) is 0.587. The van der Waals surface area contributed by atoms with Gasteiger partial charge in [-0.2, -0.15) is 0 Å². The number of rotatable bonds is 4. The number of aromatic nitrogens is 2. The van der Waals surface area contributed by atoms with Crippen LogP contribution >= 0.6 is 0 Å². The zero-order valence-electron chi connectivity index (χ0n) is 19.0. The fraction of sp³-hybridized carbons (Fsp3) is 0.560. The van der Waals surface area contributed by atoms with E-state index in [-0.39, 0.29) is 11.9 Å². The molecule has 2 N–H and O–H groups in total. The van der Waals surface area contributed by atoms with Crippen LogP contribution in [-0.2, 0) is 17.7 Å². The van der Waals surface area contributed by atoms with E-state index in [1.165, 1.54) is 17.5 Å². The van der Waals surface area contributed by atoms with Gasteiger partial charge in [0.05, 0.1) is 6.10 Å². The van der Waals surface area contributed by atoms with E-state index in [0.29, 0.717) is 37.1 Å². The van der Waals surface area contributed by atoms with E-state index in [1.54, 1.807) is 6.07 Å². The Hall–Kier alpha value is -2.55. The van der Waals surface area contributed by atoms with Gasteiger partial charge in [0.1, 0.15) is 17.8 Å². The van der Waals surface area contributed by atoms with Crippen LogP contribution in [0.25, 0.3) is 0 Å². The predicted octanol–water partition coefficient (Wildman–Crippen LogP) is 2.09. The number of aliphatic hydroxyl groups is 1. The maximum Gasteiger partial charge on any atom is 0.272 e. The third-order valence-electron chi connectivity index (χ3n) is 7.21. The molecule has 2 aromatic rings. The van der Waals surface area contributed by atoms with Gasteiger partial charge >= 0.3 is 0 Å². The number of carbonyl (C=O) groups is 1. The van der Waals surface area contributed by atoms with Gasteiger partial charge in [-0.1, -0.05) is 24.3 Å². The molecule has 0 aliphatic carbocycles. The third kappa shape index (κ3) is 5.18. The first-order chi connectivity index (χ1) is 16.2. The first kappa shape index (κ1) is 22.3. The van der Waals surface area contributed by atoms with E-state index in [1.807, 2.05) is 4.90 Å². The largest absolute Gasteiger partial charge is 0.391 e. The second-order valence-electron chi connectivity index (χ2n) is 9.31. The van der Waals surface area contributed by atoms with Gasteiger partial charge in [-0.15, -0.1) is 0 Å². The molecule has 1 aromatic heterocycles. The van der Waals surface area contributed by atoms with Crippen LogP contribution in [0.1, 0.15) is 47.3 Å². The van der Waals surface area contributed by atoms with Gasteiger partial charge in [-0.05, 0) is 43.2 Å². The highest BCUT2D eigenvalue weighted by Gasteiger charge is 2.33. The highest BCUT2D eigenvalue weighted by atomic mass is 16.5. The minimum absolute atomic E-state index is 0.0623. The zero-order chi connectivity index (χ0) is 22.6. The van der Waals surface area contributed by atoms with Crippen molar-refractivity contribution in [1.29, 1.82) is 0 Å². The van der Waals surface area contributed by atoms with Crippen LogP contribution in [0.3, 0.4) is 0 Å². The number of aliphatic hydroxyl groups excluding tert-OH is 1. The molecule has 0 unspecified atom stereocenters. The number of carbonyl (C=O) groups excluding carboxylic acids is 1. The summed E-state index contributed by atoms with van der Waals surface area (Å²) in [6, 6.07) is 10.7. The van der Waals surface area contributed by atoms with E-state index < -0.39 is 6.10 Å². The Labute approximate surface area is 195 Å². The van der Waals surface area contributed by atoms with E-state index in [9.17, 15) is 9.90 Å². The smallest absolute Gasteiger partial charge is 0.272 e. The summed E-state index contributed by atoms with van der Waals surface area (Å²) >= 11 is 0. The SMILES string of the molecule is O=C(c1cc(NC2CCOCC2)ncn1)N1CC[C@H](O)[C@@H](N2CCc3ccccc3C2)CC1. The summed E-state index contributed by atoms with van der Waals surface area (Å²) in [7, 11) is 0. The summed E-state index contributed by atoms with van der Waals surface area (Å²) in [5.41, 5.74) is 3.15. The summed E-state index contributed by atoms with van der Waals surface area (Å²) in [4.78, 5) is 26.0. The molecule has 0 spiro atoms. The van der Waals surface area contributed by atoms with Crippen LogP contribution in [0.4, 0.5) is 5.82 Å². The first-order valence-corrected chi connectivity index (χ1v) is 12.1. The second-order valence-corrected chi connectivity index (χ2v) is 9.31. The van der Waals surface area contributed by atoms with Crippen LogP contribution in [-0.4, -0.2) is 81.8 Å². The molecule has 1 amide bonds. The molecule has 0 bridgehead atoms. The van der Waals surface area contributed by atoms with Crippen LogP contribution in [0.15, 0.2) is 36.7 Å². The fourth-order valence-electron chi connectivity index (χ4n) is 5.27. The number of fused-ring (bicyclic) bond motifs is 1. The van der Waals surface area contributed by atoms with Crippen molar-refractivity contribution in [2.24, 2.45) is 0 Å². The Morgan fingerprint density at radius 2 is 1.82 bits per heavy atom. The standard InChI is InChI=1S/C25H33N5O3/c31-23-7-12-29(11-6-22(23)30-10-5-18-3-1-2-4-19(18)16-30)25(32)21-15-24(27-17-26-21)28-20-8-13-33-14-9-20/h1-4,15,17,20,22-23,31H,5-14,16H2,(H,26,27,28)/t22-,23-/m0/s1. The van der Waals surface area contributed by atoms with Crippen LogP contribution in [0.2, 0.25) is 0 Å². The molecule has 33 heavy (non-hydrogen) atoms. The molecule has 3 aliphatic heterocycles. The van der Waals surface area contributed by atoms with Crippen molar-refractivity contribution in [2.75, 3.05) is 38.2 Å². The molecule has 8 nitrogen and oxygen atoms in total. The normalized spacial score (nSPS) is 24.7. The van der Waals surface area contributed by atoms with Gasteiger partial charge in [-0.25, -0.2) is 9.97 Å². The molecular formula is C25H33N5O3. The maximum atomic E-state index is 13.2. The fourth-order valence-corrected chi connectivity index (χ4v) is 5.27. The quantitative estimate of drug-likeness (QED) is 0.736. The van der Waals surface area contributed by atoms with Crippen molar-refractivity contribution in [2.45, 2.75) is 56.8 Å². The Morgan fingerprint density at radius 1 is 1.03 bits per heavy atom. The van der Waals surface area contributed by atoms with E-state index in [4.69, 9.17) is 4.74 Å². The number of amides is 1. The number of benzene rings is 1. The first-order valence-electron chi connectivity index (χ1n) is 12.1. The highest BCUT2D eigenvalue weighted by molar-refractivity contribution is 5.92. The van der Waals surface area contributed by atoms with Crippen molar-refractivity contribution in [1.82, 2.24) is 19.8 Å². The highest BCUT2D eigenvalue weighted by Crippen LogP contribution is 2.26. The molecule has 176 valence electrons. The van der Waals surface area contributed by atoms with Gasteiger partial charge in [0.2, 0.25) is 0 Å². The second kappa shape index (κ2) is 10.2. The van der Waals surface area contributed by atoms with Crippen molar-refractivity contribution in [3.63, 3.8) is 0 Å². The van der Waals surface area contributed by atoms with Crippen molar-refractivity contribution >= 4 is 11.7 Å². The molecular weight excluding hydrogens is 418 g/mol. The number of hydrogen-bond donors (Lipinski definition) is 2. The lowest BCUT2D eigenvalue weighted by Crippen LogP contribution is -2.46. The Morgan fingerprint density at radius 3 is 2.67 bits per heavy atom. The number of ether oxygens (including phenoxy) is 1. The number of hydrogen-bond acceptors (Lipinski definition) is 7. The summed E-state index contributed by atoms with van der Waals surface area (Å²) in [6.07, 6.45) is 5.21. The molecule has 0 radical (unpaired) electrons. The molecule has 2 atom stereocenters. The lowest BCUT2D eigenvalue weighted by molar-refractivity contribution is 0.0394. The number of likely N-dealkylation sites (tertiary alicyclic amines) is 1. The average Bonchev–Trinajstić information content (AvgIpc) is 3.05. The lowest BCUT2D eigenvalue weighted by Gasteiger charge is -2.37. The molecule has 2 saturated heterocycles. The van der Waals surface area contributed by atoms with E-state index >= 15 is 0 Å². The Bertz CT molecular complexity index is 965. The zero-order valence-corrected chi connectivity index (χ0v) is 19.0. The summed E-state index contributed by atoms with van der Waals surface area (Å²) in [6.45, 7) is 4.45. The van der Waals surface area contributed by atoms with Crippen LogP contribution in [0.5, 0.6) is 0 Å². The predicted molar refractivity (Wildman–Crippen MR) is 125 cm³/mol. The Balaban J connectivity index is 1.22.